The van der Waals surface area contributed by atoms with E-state index in [9.17, 15) is 20.1 Å². The highest BCUT2D eigenvalue weighted by Gasteiger charge is 2.45. The Morgan fingerprint density at radius 2 is 2.04 bits per heavy atom. The van der Waals surface area contributed by atoms with E-state index in [-0.39, 0.29) is 11.9 Å². The maximum atomic E-state index is 10.7. The number of carbonyl (C=O) groups excluding carboxylic acids is 1. The van der Waals surface area contributed by atoms with Crippen LogP contribution in [0.3, 0.4) is 0 Å². The van der Waals surface area contributed by atoms with E-state index in [1.807, 2.05) is 0 Å². The molecule has 12 nitrogen and oxygen atoms in total. The number of aliphatic hydroxyl groups is 2. The molecule has 27 heavy (non-hydrogen) atoms. The lowest BCUT2D eigenvalue weighted by atomic mass is 9.98. The summed E-state index contributed by atoms with van der Waals surface area (Å²) < 4.78 is 7.34. The van der Waals surface area contributed by atoms with E-state index in [0.717, 1.165) is 0 Å². The van der Waals surface area contributed by atoms with Gasteiger partial charge in [-0.1, -0.05) is 0 Å². The van der Waals surface area contributed by atoms with E-state index >= 15 is 0 Å². The first kappa shape index (κ1) is 19.4. The van der Waals surface area contributed by atoms with Gasteiger partial charge in [-0.15, -0.1) is 0 Å². The van der Waals surface area contributed by atoms with Gasteiger partial charge in [0.1, 0.15) is 30.1 Å². The van der Waals surface area contributed by atoms with Crippen LogP contribution in [-0.4, -0.2) is 66.1 Å². The van der Waals surface area contributed by atoms with Crippen molar-refractivity contribution in [2.24, 2.45) is 0 Å². The number of nitrogen functional groups attached to an aromatic ring is 1. The van der Waals surface area contributed by atoms with Gasteiger partial charge in [-0.2, -0.15) is 0 Å². The Bertz CT molecular complexity index is 815. The number of aliphatic hydroxyl groups excluding tert-OH is 2. The number of anilines is 1. The van der Waals surface area contributed by atoms with E-state index in [0.29, 0.717) is 30.4 Å². The molecule has 0 radical (unpaired) electrons. The van der Waals surface area contributed by atoms with Crippen LogP contribution in [0.25, 0.3) is 11.2 Å². The second-order valence-electron chi connectivity index (χ2n) is 6.82. The zero-order valence-electron chi connectivity index (χ0n) is 14.6. The lowest BCUT2D eigenvalue weighted by molar-refractivity contribution is -0.450. The topological polar surface area (TPSA) is 215 Å². The normalized spacial score (nSPS) is 27.7. The Balaban J connectivity index is 1.68. The molecule has 3 heterocycles. The van der Waals surface area contributed by atoms with Crippen LogP contribution in [0, 0.1) is 0 Å². The Hall–Kier alpha value is -2.38. The van der Waals surface area contributed by atoms with Gasteiger partial charge in [-0.25, -0.2) is 15.0 Å². The molecule has 1 aliphatic heterocycles. The molecule has 10 N–H and O–H groups in total. The van der Waals surface area contributed by atoms with Gasteiger partial charge in [0.2, 0.25) is 0 Å². The maximum absolute atomic E-state index is 10.7. The molecule has 0 bridgehead atoms. The van der Waals surface area contributed by atoms with E-state index in [1.165, 1.54) is 17.2 Å². The van der Waals surface area contributed by atoms with Crippen LogP contribution < -0.4 is 22.3 Å². The van der Waals surface area contributed by atoms with Crippen LogP contribution in [0.1, 0.15) is 25.5 Å². The van der Waals surface area contributed by atoms with Gasteiger partial charge in [-0.05, 0) is 0 Å². The van der Waals surface area contributed by atoms with Gasteiger partial charge in [0.05, 0.1) is 24.4 Å². The van der Waals surface area contributed by atoms with Gasteiger partial charge >= 0.3 is 0 Å². The molecule has 12 heteroatoms. The fraction of sp³-hybridized carbons (Fsp3) is 0.600. The molecule has 0 aromatic carbocycles. The summed E-state index contributed by atoms with van der Waals surface area (Å²) >= 11 is 0. The monoisotopic (exact) mass is 382 g/mol. The van der Waals surface area contributed by atoms with Gasteiger partial charge in [0, 0.05) is 19.3 Å². The summed E-state index contributed by atoms with van der Waals surface area (Å²) in [5.74, 6) is -1.00. The molecule has 1 saturated heterocycles. The molecule has 3 rings (SSSR count). The minimum atomic E-state index is -1.21. The largest absolute Gasteiger partial charge is 0.544 e. The molecule has 148 valence electrons. The number of nitrogens with two attached hydrogens (primary N) is 1. The second-order valence-corrected chi connectivity index (χ2v) is 6.82. The van der Waals surface area contributed by atoms with Crippen LogP contribution in [-0.2, 0) is 9.53 Å². The number of hydrogen-bond acceptors (Lipinski definition) is 9. The van der Waals surface area contributed by atoms with E-state index in [1.54, 1.807) is 0 Å². The number of aromatic nitrogens is 4. The minimum Gasteiger partial charge on any atom is -0.544 e. The highest BCUT2D eigenvalue weighted by Crippen LogP contribution is 2.33. The zero-order valence-corrected chi connectivity index (χ0v) is 14.6. The number of quaternary nitrogens is 2. The number of carbonyl (C=O) groups is 1. The fourth-order valence-electron chi connectivity index (χ4n) is 3.21. The summed E-state index contributed by atoms with van der Waals surface area (Å²) in [6.07, 6.45) is -0.0427. The lowest BCUT2D eigenvalue weighted by Gasteiger charge is -2.18. The van der Waals surface area contributed by atoms with Gasteiger partial charge < -0.3 is 42.1 Å². The molecular weight excluding hydrogens is 358 g/mol. The third-order valence-corrected chi connectivity index (χ3v) is 4.82. The number of aliphatic carboxylic acids is 1. The van der Waals surface area contributed by atoms with E-state index in [2.05, 4.69) is 26.4 Å². The average molecular weight is 382 g/mol. The SMILES string of the molecule is Nc1ncnc2c1ncn2C1OC(CC([NH3+])CCC([NH3+])C(=O)[O-])C(O)C1O. The van der Waals surface area contributed by atoms with Gasteiger partial charge in [-0.3, -0.25) is 4.57 Å². The van der Waals surface area contributed by atoms with Gasteiger partial charge in [0.15, 0.2) is 17.7 Å². The van der Waals surface area contributed by atoms with Gasteiger partial charge in [0.25, 0.3) is 0 Å². The Morgan fingerprint density at radius 1 is 1.30 bits per heavy atom. The Labute approximate surface area is 154 Å². The minimum absolute atomic E-state index is 0.184. The predicted octanol–water partition coefficient (Wildman–Crippen LogP) is -4.83. The third kappa shape index (κ3) is 3.84. The summed E-state index contributed by atoms with van der Waals surface area (Å²) in [6, 6.07) is -0.999. The van der Waals surface area contributed by atoms with Crippen molar-refractivity contribution >= 4 is 23.0 Å². The van der Waals surface area contributed by atoms with Crippen molar-refractivity contribution in [2.45, 2.75) is 55.9 Å². The number of imidazole rings is 1. The molecule has 2 aromatic heterocycles. The number of carboxylic acid groups (broad SMARTS) is 1. The van der Waals surface area contributed by atoms with Crippen molar-refractivity contribution in [2.75, 3.05) is 5.73 Å². The maximum Gasteiger partial charge on any atom is 0.167 e. The fourth-order valence-corrected chi connectivity index (χ4v) is 3.21. The smallest absolute Gasteiger partial charge is 0.167 e. The molecule has 1 fully saturated rings. The van der Waals surface area contributed by atoms with Crippen LogP contribution in [0.15, 0.2) is 12.7 Å². The molecule has 2 aromatic rings. The summed E-state index contributed by atoms with van der Waals surface area (Å²) in [5, 5.41) is 31.5. The van der Waals surface area contributed by atoms with Crippen molar-refractivity contribution in [3.63, 3.8) is 0 Å². The second kappa shape index (κ2) is 7.70. The van der Waals surface area contributed by atoms with Crippen molar-refractivity contribution < 1.29 is 36.3 Å². The Kier molecular flexibility index (Phi) is 5.53. The molecule has 6 unspecified atom stereocenters. The Morgan fingerprint density at radius 3 is 2.74 bits per heavy atom. The average Bonchev–Trinajstić information content (AvgIpc) is 3.17. The molecule has 0 spiro atoms. The van der Waals surface area contributed by atoms with Crippen molar-refractivity contribution in [1.82, 2.24) is 19.5 Å². The number of hydrogen-bond donors (Lipinski definition) is 5. The number of rotatable bonds is 7. The third-order valence-electron chi connectivity index (χ3n) is 4.82. The molecule has 0 amide bonds. The van der Waals surface area contributed by atoms with Crippen LogP contribution in [0.2, 0.25) is 0 Å². The van der Waals surface area contributed by atoms with E-state index < -0.39 is 36.6 Å². The predicted molar refractivity (Wildman–Crippen MR) is 87.9 cm³/mol. The first-order valence-electron chi connectivity index (χ1n) is 8.61. The first-order chi connectivity index (χ1) is 12.8. The number of carboxylic acids is 1. The quantitative estimate of drug-likeness (QED) is 0.310. The lowest BCUT2D eigenvalue weighted by Crippen LogP contribution is -2.69. The zero-order chi connectivity index (χ0) is 19.7. The molecule has 1 aliphatic rings. The molecule has 6 atom stereocenters. The highest BCUT2D eigenvalue weighted by atomic mass is 16.6. The van der Waals surface area contributed by atoms with Crippen molar-refractivity contribution in [3.8, 4) is 0 Å². The van der Waals surface area contributed by atoms with Crippen LogP contribution in [0.4, 0.5) is 5.82 Å². The number of ether oxygens (including phenoxy) is 1. The highest BCUT2D eigenvalue weighted by molar-refractivity contribution is 5.81. The molecule has 0 aliphatic carbocycles. The summed E-state index contributed by atoms with van der Waals surface area (Å²) in [4.78, 5) is 22.8. The number of nitrogens with zero attached hydrogens (tertiary/aromatic N) is 4. The summed E-state index contributed by atoms with van der Waals surface area (Å²) in [6.45, 7) is 0. The van der Waals surface area contributed by atoms with Crippen molar-refractivity contribution in [3.05, 3.63) is 12.7 Å². The molecule has 0 saturated carbocycles. The standard InChI is InChI=1S/C15H23N7O5/c16-6(1-2-7(17)15(25)26)3-8-10(23)11(24)14(27-8)22-5-21-9-12(18)19-4-20-13(9)22/h4-8,10-11,14,23-24H,1-3,16-17H2,(H,25,26)(H2,18,19,20)/p+1. The summed E-state index contributed by atoms with van der Waals surface area (Å²) in [5.41, 5.74) is 14.0. The van der Waals surface area contributed by atoms with Crippen molar-refractivity contribution in [1.29, 1.82) is 0 Å². The first-order valence-corrected chi connectivity index (χ1v) is 8.61. The van der Waals surface area contributed by atoms with Crippen LogP contribution >= 0.6 is 0 Å². The molecular formula is C15H24N7O5+. The van der Waals surface area contributed by atoms with E-state index in [4.69, 9.17) is 10.5 Å². The summed E-state index contributed by atoms with van der Waals surface area (Å²) in [7, 11) is 0. The number of fused-ring (bicyclic) bond motifs is 1. The van der Waals surface area contributed by atoms with Crippen LogP contribution in [0.5, 0.6) is 0 Å².